The van der Waals surface area contributed by atoms with Crippen LogP contribution in [0.5, 0.6) is 5.75 Å². The van der Waals surface area contributed by atoms with E-state index in [0.29, 0.717) is 32.3 Å². The lowest BCUT2D eigenvalue weighted by Gasteiger charge is -2.36. The number of nitrogens with zero attached hydrogens (tertiary/aromatic N) is 2. The lowest BCUT2D eigenvalue weighted by Crippen LogP contribution is -2.51. The fourth-order valence-electron chi connectivity index (χ4n) is 3.02. The summed E-state index contributed by atoms with van der Waals surface area (Å²) in [7, 11) is 6.84. The highest BCUT2D eigenvalue weighted by Gasteiger charge is 2.32. The van der Waals surface area contributed by atoms with Gasteiger partial charge in [0.2, 0.25) is 5.91 Å². The number of likely N-dealkylation sites (N-methyl/N-ethyl adjacent to an activating group) is 1. The molecule has 0 saturated carbocycles. The van der Waals surface area contributed by atoms with Crippen molar-refractivity contribution in [3.8, 4) is 5.75 Å². The maximum Gasteiger partial charge on any atom is 0.243 e. The SMILES string of the molecule is COc1ccc(CCNC(=NCC(=O)N(C)C)NCC2(OC)CCOCC2)cc1. The largest absolute Gasteiger partial charge is 0.497 e. The highest BCUT2D eigenvalue weighted by atomic mass is 16.5. The van der Waals surface area contributed by atoms with Gasteiger partial charge in [-0.05, 0) is 24.1 Å². The van der Waals surface area contributed by atoms with Crippen LogP contribution in [0.1, 0.15) is 18.4 Å². The molecule has 1 saturated heterocycles. The van der Waals surface area contributed by atoms with Crippen molar-refractivity contribution in [3.63, 3.8) is 0 Å². The van der Waals surface area contributed by atoms with Gasteiger partial charge < -0.3 is 29.7 Å². The standard InChI is InChI=1S/C21H34N4O4/c1-25(2)19(26)15-23-20(24-16-21(28-4)10-13-29-14-11-21)22-12-9-17-5-7-18(27-3)8-6-17/h5-8H,9-16H2,1-4H3,(H2,22,23,24). The first-order valence-electron chi connectivity index (χ1n) is 9.96. The molecule has 1 heterocycles. The van der Waals surface area contributed by atoms with Gasteiger partial charge in [0.1, 0.15) is 12.3 Å². The first-order chi connectivity index (χ1) is 14.0. The van der Waals surface area contributed by atoms with Crippen molar-refractivity contribution in [3.05, 3.63) is 29.8 Å². The smallest absolute Gasteiger partial charge is 0.243 e. The van der Waals surface area contributed by atoms with Crippen molar-refractivity contribution in [2.45, 2.75) is 24.9 Å². The second kappa shape index (κ2) is 11.6. The van der Waals surface area contributed by atoms with Crippen LogP contribution >= 0.6 is 0 Å². The Labute approximate surface area is 173 Å². The number of nitrogens with one attached hydrogen (secondary N) is 2. The fraction of sp³-hybridized carbons (Fsp3) is 0.619. The predicted octanol–water partition coefficient (Wildman–Crippen LogP) is 1.06. The molecule has 8 nitrogen and oxygen atoms in total. The van der Waals surface area contributed by atoms with Gasteiger partial charge >= 0.3 is 0 Å². The van der Waals surface area contributed by atoms with E-state index in [9.17, 15) is 4.79 Å². The first-order valence-corrected chi connectivity index (χ1v) is 9.96. The van der Waals surface area contributed by atoms with E-state index in [1.54, 1.807) is 28.3 Å². The molecule has 1 aromatic rings. The zero-order chi connectivity index (χ0) is 21.1. The molecule has 1 aliphatic rings. The molecule has 0 unspecified atom stereocenters. The minimum absolute atomic E-state index is 0.0474. The van der Waals surface area contributed by atoms with E-state index in [1.165, 1.54) is 10.5 Å². The molecular weight excluding hydrogens is 372 g/mol. The average Bonchev–Trinajstić information content (AvgIpc) is 2.76. The second-order valence-corrected chi connectivity index (χ2v) is 7.33. The Morgan fingerprint density at radius 2 is 1.86 bits per heavy atom. The summed E-state index contributed by atoms with van der Waals surface area (Å²) in [6.07, 6.45) is 2.48. The van der Waals surface area contributed by atoms with Crippen molar-refractivity contribution in [1.29, 1.82) is 0 Å². The first kappa shape index (κ1) is 23.0. The van der Waals surface area contributed by atoms with Gasteiger partial charge in [0.15, 0.2) is 5.96 Å². The van der Waals surface area contributed by atoms with Crippen molar-refractivity contribution in [2.75, 3.05) is 61.2 Å². The Bertz CT molecular complexity index is 655. The molecule has 0 atom stereocenters. The molecule has 162 valence electrons. The Morgan fingerprint density at radius 1 is 1.17 bits per heavy atom. The van der Waals surface area contributed by atoms with Gasteiger partial charge in [0, 0.05) is 60.4 Å². The van der Waals surface area contributed by atoms with Crippen molar-refractivity contribution < 1.29 is 19.0 Å². The quantitative estimate of drug-likeness (QED) is 0.471. The summed E-state index contributed by atoms with van der Waals surface area (Å²) in [5, 5.41) is 6.67. The van der Waals surface area contributed by atoms with E-state index < -0.39 is 0 Å². The molecule has 0 aliphatic carbocycles. The highest BCUT2D eigenvalue weighted by molar-refractivity contribution is 5.84. The molecule has 1 aliphatic heterocycles. The van der Waals surface area contributed by atoms with Crippen LogP contribution in [0.3, 0.4) is 0 Å². The van der Waals surface area contributed by atoms with E-state index in [-0.39, 0.29) is 18.1 Å². The molecule has 1 amide bonds. The number of benzene rings is 1. The maximum absolute atomic E-state index is 11.9. The number of carbonyl (C=O) groups excluding carboxylic acids is 1. The molecule has 29 heavy (non-hydrogen) atoms. The number of ether oxygens (including phenoxy) is 3. The summed E-state index contributed by atoms with van der Waals surface area (Å²) >= 11 is 0. The van der Waals surface area contributed by atoms with Gasteiger partial charge in [-0.25, -0.2) is 4.99 Å². The van der Waals surface area contributed by atoms with E-state index >= 15 is 0 Å². The summed E-state index contributed by atoms with van der Waals surface area (Å²) in [6.45, 7) is 2.76. The Balaban J connectivity index is 1.94. The van der Waals surface area contributed by atoms with Gasteiger partial charge in [0.25, 0.3) is 0 Å². The zero-order valence-electron chi connectivity index (χ0n) is 18.0. The summed E-state index contributed by atoms with van der Waals surface area (Å²) in [6, 6.07) is 7.99. The predicted molar refractivity (Wildman–Crippen MR) is 113 cm³/mol. The molecule has 1 aromatic carbocycles. The fourth-order valence-corrected chi connectivity index (χ4v) is 3.02. The third kappa shape index (κ3) is 7.55. The van der Waals surface area contributed by atoms with Crippen LogP contribution in [0.25, 0.3) is 0 Å². The third-order valence-corrected chi connectivity index (χ3v) is 5.15. The summed E-state index contributed by atoms with van der Waals surface area (Å²) in [5.41, 5.74) is 0.919. The highest BCUT2D eigenvalue weighted by Crippen LogP contribution is 2.23. The molecular formula is C21H34N4O4. The molecule has 0 spiro atoms. The van der Waals surface area contributed by atoms with E-state index in [1.807, 2.05) is 24.3 Å². The van der Waals surface area contributed by atoms with Gasteiger partial charge in [-0.3, -0.25) is 4.79 Å². The lowest BCUT2D eigenvalue weighted by atomic mass is 9.94. The van der Waals surface area contributed by atoms with Crippen LogP contribution in [-0.4, -0.2) is 83.5 Å². The van der Waals surface area contributed by atoms with Crippen LogP contribution in [0, 0.1) is 0 Å². The van der Waals surface area contributed by atoms with Crippen LogP contribution < -0.4 is 15.4 Å². The number of hydrogen-bond acceptors (Lipinski definition) is 5. The molecule has 1 fully saturated rings. The molecule has 2 rings (SSSR count). The summed E-state index contributed by atoms with van der Waals surface area (Å²) < 4.78 is 16.4. The van der Waals surface area contributed by atoms with Gasteiger partial charge in [-0.1, -0.05) is 12.1 Å². The average molecular weight is 407 g/mol. The number of amides is 1. The number of methoxy groups -OCH3 is 2. The van der Waals surface area contributed by atoms with Gasteiger partial charge in [-0.2, -0.15) is 0 Å². The van der Waals surface area contributed by atoms with Crippen molar-refractivity contribution in [2.24, 2.45) is 4.99 Å². The summed E-state index contributed by atoms with van der Waals surface area (Å²) in [4.78, 5) is 17.9. The second-order valence-electron chi connectivity index (χ2n) is 7.33. The summed E-state index contributed by atoms with van der Waals surface area (Å²) in [5.74, 6) is 1.40. The van der Waals surface area contributed by atoms with Crippen LogP contribution in [-0.2, 0) is 20.7 Å². The van der Waals surface area contributed by atoms with Crippen LogP contribution in [0.2, 0.25) is 0 Å². The number of hydrogen-bond donors (Lipinski definition) is 2. The molecule has 2 N–H and O–H groups in total. The topological polar surface area (TPSA) is 84.4 Å². The monoisotopic (exact) mass is 406 g/mol. The molecule has 8 heteroatoms. The number of rotatable bonds is 9. The van der Waals surface area contributed by atoms with Crippen LogP contribution in [0.4, 0.5) is 0 Å². The number of aliphatic imine (C=N–C) groups is 1. The van der Waals surface area contributed by atoms with Gasteiger partial charge in [0.05, 0.1) is 12.7 Å². The number of guanidine groups is 1. The van der Waals surface area contributed by atoms with Crippen molar-refractivity contribution >= 4 is 11.9 Å². The van der Waals surface area contributed by atoms with E-state index in [4.69, 9.17) is 14.2 Å². The molecule has 0 bridgehead atoms. The lowest BCUT2D eigenvalue weighted by molar-refractivity contribution is -0.127. The third-order valence-electron chi connectivity index (χ3n) is 5.15. The zero-order valence-corrected chi connectivity index (χ0v) is 18.0. The van der Waals surface area contributed by atoms with E-state index in [0.717, 1.165) is 25.0 Å². The Kier molecular flexibility index (Phi) is 9.21. The number of carbonyl (C=O) groups is 1. The molecule has 0 aromatic heterocycles. The molecule has 0 radical (unpaired) electrons. The Morgan fingerprint density at radius 3 is 2.45 bits per heavy atom. The van der Waals surface area contributed by atoms with E-state index in [2.05, 4.69) is 15.6 Å². The van der Waals surface area contributed by atoms with Crippen LogP contribution in [0.15, 0.2) is 29.3 Å². The minimum Gasteiger partial charge on any atom is -0.497 e. The minimum atomic E-state index is -0.276. The normalized spacial score (nSPS) is 16.2. The maximum atomic E-state index is 11.9. The van der Waals surface area contributed by atoms with Gasteiger partial charge in [-0.15, -0.1) is 0 Å². The Hall–Kier alpha value is -2.32. The van der Waals surface area contributed by atoms with Crippen molar-refractivity contribution in [1.82, 2.24) is 15.5 Å².